The van der Waals surface area contributed by atoms with Crippen LogP contribution in [0.1, 0.15) is 29.9 Å². The van der Waals surface area contributed by atoms with Crippen molar-refractivity contribution in [3.63, 3.8) is 0 Å². The van der Waals surface area contributed by atoms with Gasteiger partial charge in [-0.15, -0.1) is 0 Å². The van der Waals surface area contributed by atoms with Gasteiger partial charge in [-0.1, -0.05) is 24.3 Å². The molecule has 3 nitrogen and oxygen atoms in total. The summed E-state index contributed by atoms with van der Waals surface area (Å²) in [5.74, 6) is 0.530. The summed E-state index contributed by atoms with van der Waals surface area (Å²) in [6.07, 6.45) is 2.18. The Morgan fingerprint density at radius 2 is 1.65 bits per heavy atom. The van der Waals surface area contributed by atoms with Crippen LogP contribution in [0.4, 0.5) is 4.39 Å². The summed E-state index contributed by atoms with van der Waals surface area (Å²) < 4.78 is 12.9. The first-order valence-electron chi connectivity index (χ1n) is 7.93. The number of aromatic hydroxyl groups is 1. The molecule has 4 heteroatoms. The second kappa shape index (κ2) is 6.82. The van der Waals surface area contributed by atoms with Gasteiger partial charge in [-0.25, -0.2) is 4.39 Å². The maximum Gasteiger partial charge on any atom is 0.226 e. The fourth-order valence-electron chi connectivity index (χ4n) is 3.10. The third kappa shape index (κ3) is 3.89. The lowest BCUT2D eigenvalue weighted by molar-refractivity contribution is -0.131. The standard InChI is InChI=1S/C19H20FNO2/c20-17-5-1-14(2-6-17)13-19(23)21-11-9-16(10-12-21)15-3-7-18(22)8-4-15/h1-8,16,22H,9-13H2. The fourth-order valence-corrected chi connectivity index (χ4v) is 3.10. The van der Waals surface area contributed by atoms with Crippen molar-refractivity contribution in [1.82, 2.24) is 4.90 Å². The number of phenols is 1. The lowest BCUT2D eigenvalue weighted by Gasteiger charge is -2.32. The van der Waals surface area contributed by atoms with Crippen molar-refractivity contribution in [2.45, 2.75) is 25.2 Å². The number of hydrogen-bond acceptors (Lipinski definition) is 2. The number of hydrogen-bond donors (Lipinski definition) is 1. The third-order valence-electron chi connectivity index (χ3n) is 4.48. The second-order valence-electron chi connectivity index (χ2n) is 6.05. The van der Waals surface area contributed by atoms with Gasteiger partial charge >= 0.3 is 0 Å². The highest BCUT2D eigenvalue weighted by atomic mass is 19.1. The van der Waals surface area contributed by atoms with E-state index >= 15 is 0 Å². The maximum absolute atomic E-state index is 12.9. The van der Waals surface area contributed by atoms with Crippen LogP contribution in [0.15, 0.2) is 48.5 Å². The molecule has 0 aromatic heterocycles. The van der Waals surface area contributed by atoms with Crippen LogP contribution in [-0.4, -0.2) is 29.0 Å². The predicted molar refractivity (Wildman–Crippen MR) is 86.8 cm³/mol. The van der Waals surface area contributed by atoms with E-state index in [2.05, 4.69) is 0 Å². The highest BCUT2D eigenvalue weighted by molar-refractivity contribution is 5.78. The topological polar surface area (TPSA) is 40.5 Å². The molecule has 0 saturated carbocycles. The van der Waals surface area contributed by atoms with Gasteiger partial charge in [0, 0.05) is 13.1 Å². The number of likely N-dealkylation sites (tertiary alicyclic amines) is 1. The number of halogens is 1. The van der Waals surface area contributed by atoms with Gasteiger partial charge in [0.1, 0.15) is 11.6 Å². The van der Waals surface area contributed by atoms with E-state index in [-0.39, 0.29) is 17.5 Å². The van der Waals surface area contributed by atoms with Gasteiger partial charge in [0.2, 0.25) is 5.91 Å². The minimum atomic E-state index is -0.282. The summed E-state index contributed by atoms with van der Waals surface area (Å²) in [4.78, 5) is 14.2. The van der Waals surface area contributed by atoms with Crippen molar-refractivity contribution >= 4 is 5.91 Å². The van der Waals surface area contributed by atoms with Crippen LogP contribution >= 0.6 is 0 Å². The largest absolute Gasteiger partial charge is 0.508 e. The lowest BCUT2D eigenvalue weighted by Crippen LogP contribution is -2.38. The zero-order valence-electron chi connectivity index (χ0n) is 12.9. The molecule has 0 aliphatic carbocycles. The molecule has 1 amide bonds. The van der Waals surface area contributed by atoms with E-state index in [1.54, 1.807) is 24.3 Å². The summed E-state index contributed by atoms with van der Waals surface area (Å²) >= 11 is 0. The minimum absolute atomic E-state index is 0.0979. The number of benzene rings is 2. The molecule has 0 radical (unpaired) electrons. The Morgan fingerprint density at radius 1 is 1.04 bits per heavy atom. The zero-order valence-corrected chi connectivity index (χ0v) is 12.9. The third-order valence-corrected chi connectivity index (χ3v) is 4.48. The monoisotopic (exact) mass is 313 g/mol. The van der Waals surface area contributed by atoms with Crippen molar-refractivity contribution in [3.05, 3.63) is 65.5 Å². The average Bonchev–Trinajstić information content (AvgIpc) is 2.58. The molecule has 1 N–H and O–H groups in total. The molecule has 2 aromatic rings. The molecule has 1 aliphatic rings. The van der Waals surface area contributed by atoms with Gasteiger partial charge in [0.25, 0.3) is 0 Å². The molecule has 0 spiro atoms. The molecule has 3 rings (SSSR count). The Kier molecular flexibility index (Phi) is 4.60. The minimum Gasteiger partial charge on any atom is -0.508 e. The normalized spacial score (nSPS) is 15.6. The van der Waals surface area contributed by atoms with E-state index in [9.17, 15) is 14.3 Å². The van der Waals surface area contributed by atoms with E-state index in [0.29, 0.717) is 12.3 Å². The summed E-state index contributed by atoms with van der Waals surface area (Å²) in [7, 11) is 0. The molecule has 0 atom stereocenters. The van der Waals surface area contributed by atoms with Gasteiger partial charge < -0.3 is 10.0 Å². The molecule has 0 unspecified atom stereocenters. The van der Waals surface area contributed by atoms with Crippen molar-refractivity contribution < 1.29 is 14.3 Å². The molecule has 1 fully saturated rings. The number of nitrogens with zero attached hydrogens (tertiary/aromatic N) is 1. The number of carbonyl (C=O) groups is 1. The maximum atomic E-state index is 12.9. The summed E-state index contributed by atoms with van der Waals surface area (Å²) in [5, 5.41) is 9.35. The number of rotatable bonds is 3. The van der Waals surface area contributed by atoms with Crippen molar-refractivity contribution in [2.24, 2.45) is 0 Å². The quantitative estimate of drug-likeness (QED) is 0.942. The molecule has 1 saturated heterocycles. The van der Waals surface area contributed by atoms with E-state index in [1.807, 2.05) is 17.0 Å². The van der Waals surface area contributed by atoms with E-state index in [0.717, 1.165) is 31.5 Å². The van der Waals surface area contributed by atoms with E-state index < -0.39 is 0 Å². The van der Waals surface area contributed by atoms with Gasteiger partial charge in [0.05, 0.1) is 6.42 Å². The first-order chi connectivity index (χ1) is 11.1. The summed E-state index contributed by atoms with van der Waals surface area (Å²) in [6.45, 7) is 1.48. The highest BCUT2D eigenvalue weighted by Crippen LogP contribution is 2.29. The van der Waals surface area contributed by atoms with E-state index in [4.69, 9.17) is 0 Å². The Balaban J connectivity index is 1.54. The first-order valence-corrected chi connectivity index (χ1v) is 7.93. The zero-order chi connectivity index (χ0) is 16.2. The SMILES string of the molecule is O=C(Cc1ccc(F)cc1)N1CCC(c2ccc(O)cc2)CC1. The van der Waals surface area contributed by atoms with Crippen molar-refractivity contribution in [3.8, 4) is 5.75 Å². The fraction of sp³-hybridized carbons (Fsp3) is 0.316. The number of carbonyl (C=O) groups excluding carboxylic acids is 1. The predicted octanol–water partition coefficient (Wildman–Crippen LogP) is 3.48. The van der Waals surface area contributed by atoms with Crippen LogP contribution in [0.3, 0.4) is 0 Å². The molecule has 120 valence electrons. The molecular weight excluding hydrogens is 293 g/mol. The van der Waals surface area contributed by atoms with E-state index in [1.165, 1.54) is 17.7 Å². The summed E-state index contributed by atoms with van der Waals surface area (Å²) in [5.41, 5.74) is 2.06. The lowest BCUT2D eigenvalue weighted by atomic mass is 9.89. The average molecular weight is 313 g/mol. The van der Waals surface area contributed by atoms with Crippen LogP contribution in [0.5, 0.6) is 5.75 Å². The Hall–Kier alpha value is -2.36. The van der Waals surface area contributed by atoms with Crippen molar-refractivity contribution in [2.75, 3.05) is 13.1 Å². The smallest absolute Gasteiger partial charge is 0.226 e. The number of phenolic OH excluding ortho intramolecular Hbond substituents is 1. The van der Waals surface area contributed by atoms with Gasteiger partial charge in [-0.3, -0.25) is 4.79 Å². The van der Waals surface area contributed by atoms with Crippen LogP contribution in [-0.2, 0) is 11.2 Å². The van der Waals surface area contributed by atoms with Crippen LogP contribution < -0.4 is 0 Å². The Bertz CT molecular complexity index is 659. The van der Waals surface area contributed by atoms with Crippen LogP contribution in [0, 0.1) is 5.82 Å². The van der Waals surface area contributed by atoms with Crippen molar-refractivity contribution in [1.29, 1.82) is 0 Å². The number of amides is 1. The van der Waals surface area contributed by atoms with Crippen LogP contribution in [0.2, 0.25) is 0 Å². The Morgan fingerprint density at radius 3 is 2.26 bits per heavy atom. The molecule has 1 heterocycles. The van der Waals surface area contributed by atoms with Gasteiger partial charge in [-0.05, 0) is 54.2 Å². The van der Waals surface area contributed by atoms with Gasteiger partial charge in [-0.2, -0.15) is 0 Å². The second-order valence-corrected chi connectivity index (χ2v) is 6.05. The molecule has 1 aliphatic heterocycles. The van der Waals surface area contributed by atoms with Crippen LogP contribution in [0.25, 0.3) is 0 Å². The molecular formula is C19H20FNO2. The molecule has 23 heavy (non-hydrogen) atoms. The van der Waals surface area contributed by atoms with Gasteiger partial charge in [0.15, 0.2) is 0 Å². The highest BCUT2D eigenvalue weighted by Gasteiger charge is 2.23. The molecule has 2 aromatic carbocycles. The number of piperidine rings is 1. The first kappa shape index (κ1) is 15.5. The molecule has 0 bridgehead atoms. The Labute approximate surface area is 135 Å². The summed E-state index contributed by atoms with van der Waals surface area (Å²) in [6, 6.07) is 13.4.